The molecule has 9 heteroatoms. The lowest BCUT2D eigenvalue weighted by atomic mass is 9.83. The Morgan fingerprint density at radius 2 is 1.97 bits per heavy atom. The van der Waals surface area contributed by atoms with Crippen molar-refractivity contribution >= 4 is 29.2 Å². The van der Waals surface area contributed by atoms with Gasteiger partial charge < -0.3 is 21.5 Å². The third kappa shape index (κ3) is 5.48. The van der Waals surface area contributed by atoms with E-state index < -0.39 is 11.8 Å². The van der Waals surface area contributed by atoms with E-state index in [1.807, 2.05) is 6.92 Å². The van der Waals surface area contributed by atoms with E-state index in [1.54, 1.807) is 18.2 Å². The molecule has 9 nitrogen and oxygen atoms in total. The maximum atomic E-state index is 11.9. The van der Waals surface area contributed by atoms with Crippen molar-refractivity contribution in [3.63, 3.8) is 0 Å². The molecule has 2 unspecified atom stereocenters. The van der Waals surface area contributed by atoms with Crippen LogP contribution in [0.15, 0.2) is 37.1 Å². The zero-order valence-corrected chi connectivity index (χ0v) is 18.0. The van der Waals surface area contributed by atoms with Gasteiger partial charge >= 0.3 is 0 Å². The topological polar surface area (TPSA) is 150 Å². The Morgan fingerprint density at radius 3 is 2.66 bits per heavy atom. The molecule has 2 atom stereocenters. The number of hydrogen-bond acceptors (Lipinski definition) is 7. The summed E-state index contributed by atoms with van der Waals surface area (Å²) in [5.74, 6) is -1.09. The number of ketones is 1. The molecular formula is C23H27N5O4. The molecule has 1 saturated carbocycles. The van der Waals surface area contributed by atoms with E-state index in [4.69, 9.17) is 16.2 Å². The van der Waals surface area contributed by atoms with E-state index in [0.717, 1.165) is 31.2 Å². The largest absolute Gasteiger partial charge is 0.473 e. The summed E-state index contributed by atoms with van der Waals surface area (Å²) >= 11 is 0. The minimum absolute atomic E-state index is 0.00385. The van der Waals surface area contributed by atoms with Gasteiger partial charge in [-0.1, -0.05) is 19.1 Å². The Labute approximate surface area is 186 Å². The van der Waals surface area contributed by atoms with E-state index in [0.29, 0.717) is 17.7 Å². The van der Waals surface area contributed by atoms with Gasteiger partial charge in [-0.3, -0.25) is 14.4 Å². The minimum atomic E-state index is -0.715. The number of benzene rings is 1. The van der Waals surface area contributed by atoms with Gasteiger partial charge in [0.05, 0.1) is 0 Å². The lowest BCUT2D eigenvalue weighted by molar-refractivity contribution is -0.116. The number of anilines is 2. The first-order chi connectivity index (χ1) is 15.3. The number of ether oxygens (including phenoxy) is 1. The molecule has 2 aromatic rings. The first-order valence-electron chi connectivity index (χ1n) is 10.4. The lowest BCUT2D eigenvalue weighted by Gasteiger charge is -2.31. The summed E-state index contributed by atoms with van der Waals surface area (Å²) in [6.07, 6.45) is 6.19. The zero-order valence-electron chi connectivity index (χ0n) is 18.0. The van der Waals surface area contributed by atoms with Crippen molar-refractivity contribution in [2.75, 3.05) is 5.32 Å². The second-order valence-electron chi connectivity index (χ2n) is 7.87. The van der Waals surface area contributed by atoms with Crippen LogP contribution in [0.2, 0.25) is 0 Å². The Kier molecular flexibility index (Phi) is 7.19. The highest BCUT2D eigenvalue weighted by molar-refractivity contribution is 5.95. The number of allylic oxidation sites excluding steroid dienone is 1. The Balaban J connectivity index is 1.89. The zero-order chi connectivity index (χ0) is 23.3. The molecule has 5 N–H and O–H groups in total. The molecule has 0 saturated heterocycles. The maximum absolute atomic E-state index is 11.9. The summed E-state index contributed by atoms with van der Waals surface area (Å²) in [4.78, 5) is 43.9. The first kappa shape index (κ1) is 22.9. The smallest absolute Gasteiger partial charge is 0.255 e. The molecule has 2 amide bonds. The fourth-order valence-electron chi connectivity index (χ4n) is 3.76. The van der Waals surface area contributed by atoms with Crippen LogP contribution in [0, 0.1) is 12.8 Å². The molecule has 0 spiro atoms. The van der Waals surface area contributed by atoms with Crippen molar-refractivity contribution in [1.82, 2.24) is 9.97 Å². The van der Waals surface area contributed by atoms with Crippen LogP contribution < -0.4 is 21.5 Å². The summed E-state index contributed by atoms with van der Waals surface area (Å²) in [7, 11) is 0. The minimum Gasteiger partial charge on any atom is -0.473 e. The van der Waals surface area contributed by atoms with Crippen molar-refractivity contribution in [3.8, 4) is 5.88 Å². The molecule has 1 heterocycles. The van der Waals surface area contributed by atoms with Gasteiger partial charge in [-0.2, -0.15) is 4.98 Å². The number of carbonyl (C=O) groups excluding carboxylic acids is 3. The number of primary amides is 2. The first-order valence-corrected chi connectivity index (χ1v) is 10.4. The predicted molar refractivity (Wildman–Crippen MR) is 120 cm³/mol. The second kappa shape index (κ2) is 10.0. The number of nitrogens with zero attached hydrogens (tertiary/aromatic N) is 2. The molecule has 1 aliphatic carbocycles. The van der Waals surface area contributed by atoms with E-state index in [9.17, 15) is 14.4 Å². The Morgan fingerprint density at radius 1 is 1.22 bits per heavy atom. The van der Waals surface area contributed by atoms with Crippen molar-refractivity contribution < 1.29 is 19.1 Å². The second-order valence-corrected chi connectivity index (χ2v) is 7.87. The molecule has 168 valence electrons. The molecule has 1 fully saturated rings. The number of carbonyl (C=O) groups is 3. The summed E-state index contributed by atoms with van der Waals surface area (Å²) in [6, 6.07) is 4.98. The van der Waals surface area contributed by atoms with Gasteiger partial charge in [-0.05, 0) is 50.0 Å². The van der Waals surface area contributed by atoms with Crippen LogP contribution in [0.25, 0.3) is 0 Å². The standard InChI is InChI=1S/C23H27N5O4/c1-3-16(29)10-14-6-4-5-7-19(14)32-22-17(21(25)31)12-26-23(28-22)27-18-11-15(20(24)30)9-8-13(18)2/h3,8-9,11-12,14,19H,1,4-7,10H2,2H3,(H2,24,30)(H2,25,31)(H,26,27,28). The molecule has 1 aliphatic rings. The summed E-state index contributed by atoms with van der Waals surface area (Å²) in [5.41, 5.74) is 12.7. The maximum Gasteiger partial charge on any atom is 0.255 e. The van der Waals surface area contributed by atoms with Gasteiger partial charge in [-0.15, -0.1) is 0 Å². The molecule has 3 rings (SSSR count). The summed E-state index contributed by atoms with van der Waals surface area (Å²) in [6.45, 7) is 5.39. The summed E-state index contributed by atoms with van der Waals surface area (Å²) < 4.78 is 6.12. The molecule has 0 bridgehead atoms. The fourth-order valence-corrected chi connectivity index (χ4v) is 3.76. The van der Waals surface area contributed by atoms with E-state index >= 15 is 0 Å². The Bertz CT molecular complexity index is 1050. The van der Waals surface area contributed by atoms with Gasteiger partial charge in [0.2, 0.25) is 17.7 Å². The molecule has 32 heavy (non-hydrogen) atoms. The van der Waals surface area contributed by atoms with Gasteiger partial charge in [0.15, 0.2) is 5.78 Å². The van der Waals surface area contributed by atoms with Crippen LogP contribution in [0.5, 0.6) is 5.88 Å². The van der Waals surface area contributed by atoms with Crippen LogP contribution in [0.3, 0.4) is 0 Å². The average Bonchev–Trinajstić information content (AvgIpc) is 2.76. The highest BCUT2D eigenvalue weighted by atomic mass is 16.5. The van der Waals surface area contributed by atoms with E-state index in [1.165, 1.54) is 12.3 Å². The number of nitrogens with two attached hydrogens (primary N) is 2. The third-order valence-corrected chi connectivity index (χ3v) is 5.58. The average molecular weight is 438 g/mol. The fraction of sp³-hybridized carbons (Fsp3) is 0.348. The highest BCUT2D eigenvalue weighted by Crippen LogP contribution is 2.32. The van der Waals surface area contributed by atoms with Crippen LogP contribution in [-0.4, -0.2) is 33.7 Å². The van der Waals surface area contributed by atoms with Crippen LogP contribution in [-0.2, 0) is 4.79 Å². The van der Waals surface area contributed by atoms with Crippen molar-refractivity contribution in [2.24, 2.45) is 17.4 Å². The molecule has 1 aromatic heterocycles. The summed E-state index contributed by atoms with van der Waals surface area (Å²) in [5, 5.41) is 3.03. The molecule has 0 radical (unpaired) electrons. The Hall–Kier alpha value is -3.75. The van der Waals surface area contributed by atoms with Crippen molar-refractivity contribution in [2.45, 2.75) is 45.1 Å². The molecule has 0 aliphatic heterocycles. The quantitative estimate of drug-likeness (QED) is 0.510. The van der Waals surface area contributed by atoms with Crippen molar-refractivity contribution in [1.29, 1.82) is 0 Å². The van der Waals surface area contributed by atoms with Crippen LogP contribution in [0.4, 0.5) is 11.6 Å². The van der Waals surface area contributed by atoms with Crippen molar-refractivity contribution in [3.05, 3.63) is 53.7 Å². The van der Waals surface area contributed by atoms with Crippen LogP contribution >= 0.6 is 0 Å². The number of aromatic nitrogens is 2. The number of rotatable bonds is 9. The number of amides is 2. The highest BCUT2D eigenvalue weighted by Gasteiger charge is 2.30. The number of aryl methyl sites for hydroxylation is 1. The number of nitrogens with one attached hydrogen (secondary N) is 1. The van der Waals surface area contributed by atoms with E-state index in [2.05, 4.69) is 21.9 Å². The number of hydrogen-bond donors (Lipinski definition) is 3. The third-order valence-electron chi connectivity index (χ3n) is 5.58. The van der Waals surface area contributed by atoms with Gasteiger partial charge in [0.25, 0.3) is 5.91 Å². The molecular weight excluding hydrogens is 410 g/mol. The van der Waals surface area contributed by atoms with Gasteiger partial charge in [0, 0.05) is 29.8 Å². The monoisotopic (exact) mass is 437 g/mol. The van der Waals surface area contributed by atoms with Gasteiger partial charge in [0.1, 0.15) is 11.7 Å². The van der Waals surface area contributed by atoms with E-state index in [-0.39, 0.29) is 35.2 Å². The van der Waals surface area contributed by atoms with Gasteiger partial charge in [-0.25, -0.2) is 4.98 Å². The SMILES string of the molecule is C=CC(=O)CC1CCCCC1Oc1nc(Nc2cc(C(N)=O)ccc2C)ncc1C(N)=O. The lowest BCUT2D eigenvalue weighted by Crippen LogP contribution is -2.33. The molecule has 1 aromatic carbocycles. The normalized spacial score (nSPS) is 17.9. The van der Waals surface area contributed by atoms with Crippen LogP contribution in [0.1, 0.15) is 58.4 Å². The predicted octanol–water partition coefficient (Wildman–Crippen LogP) is 2.81.